The predicted molar refractivity (Wildman–Crippen MR) is 37.0 cm³/mol. The van der Waals surface area contributed by atoms with Crippen molar-refractivity contribution in [2.75, 3.05) is 0 Å². The lowest BCUT2D eigenvalue weighted by Crippen LogP contribution is -1.99. The first-order chi connectivity index (χ1) is 5.25. The largest absolute Gasteiger partial charge is 0.478 e. The Morgan fingerprint density at radius 2 is 2.45 bits per heavy atom. The minimum atomic E-state index is -1.12. The van der Waals surface area contributed by atoms with Gasteiger partial charge < -0.3 is 5.11 Å². The lowest BCUT2D eigenvalue weighted by atomic mass is 10.1. The third-order valence-corrected chi connectivity index (χ3v) is 1.19. The fourth-order valence-corrected chi connectivity index (χ4v) is 0.707. The highest BCUT2D eigenvalue weighted by Crippen LogP contribution is 2.05. The first-order valence-electron chi connectivity index (χ1n) is 2.90. The van der Waals surface area contributed by atoms with Crippen LogP contribution in [-0.2, 0) is 0 Å². The molecule has 1 radical (unpaired) electrons. The van der Waals surface area contributed by atoms with E-state index < -0.39 is 5.97 Å². The summed E-state index contributed by atoms with van der Waals surface area (Å²) in [6.07, 6.45) is 0. The van der Waals surface area contributed by atoms with Crippen LogP contribution in [0.4, 0.5) is 0 Å². The van der Waals surface area contributed by atoms with E-state index in [-0.39, 0.29) is 11.1 Å². The molecule has 0 atom stereocenters. The molecule has 0 spiro atoms. The van der Waals surface area contributed by atoms with Crippen molar-refractivity contribution in [3.63, 3.8) is 0 Å². The second-order valence-corrected chi connectivity index (χ2v) is 1.88. The van der Waals surface area contributed by atoms with Gasteiger partial charge in [-0.15, -0.1) is 0 Å². The molecule has 1 aromatic rings. The maximum atomic E-state index is 10.4. The Balaban J connectivity index is 3.26. The lowest BCUT2D eigenvalue weighted by Gasteiger charge is -1.93. The van der Waals surface area contributed by atoms with Gasteiger partial charge in [-0.1, -0.05) is 12.1 Å². The molecule has 0 unspecified atom stereocenters. The average molecular weight is 146 g/mol. The molecule has 53 valence electrons. The first kappa shape index (κ1) is 7.29. The summed E-state index contributed by atoms with van der Waals surface area (Å²) in [7, 11) is 0. The fraction of sp³-hybridized carbons (Fsp3) is 0. The van der Waals surface area contributed by atoms with Crippen LogP contribution in [0, 0.1) is 17.4 Å². The van der Waals surface area contributed by atoms with Crippen molar-refractivity contribution in [1.29, 1.82) is 5.26 Å². The normalized spacial score (nSPS) is 8.64. The highest BCUT2D eigenvalue weighted by atomic mass is 16.4. The number of carboxylic acid groups (broad SMARTS) is 1. The Morgan fingerprint density at radius 1 is 1.73 bits per heavy atom. The number of nitrogens with zero attached hydrogens (tertiary/aromatic N) is 1. The Bertz CT molecular complexity index is 325. The molecule has 0 heterocycles. The molecule has 11 heavy (non-hydrogen) atoms. The van der Waals surface area contributed by atoms with Crippen LogP contribution < -0.4 is 0 Å². The Hall–Kier alpha value is -1.82. The number of aromatic carboxylic acids is 1. The van der Waals surface area contributed by atoms with Crippen molar-refractivity contribution >= 4 is 5.97 Å². The smallest absolute Gasteiger partial charge is 0.337 e. The quantitative estimate of drug-likeness (QED) is 0.644. The van der Waals surface area contributed by atoms with E-state index in [2.05, 4.69) is 6.07 Å². The van der Waals surface area contributed by atoms with Gasteiger partial charge in [0.05, 0.1) is 11.1 Å². The molecule has 1 aromatic carbocycles. The molecule has 0 fully saturated rings. The van der Waals surface area contributed by atoms with Crippen LogP contribution >= 0.6 is 0 Å². The van der Waals surface area contributed by atoms with Crippen molar-refractivity contribution < 1.29 is 9.90 Å². The predicted octanol–water partition coefficient (Wildman–Crippen LogP) is 1.06. The van der Waals surface area contributed by atoms with E-state index in [9.17, 15) is 4.79 Å². The summed E-state index contributed by atoms with van der Waals surface area (Å²) in [5.74, 6) is -1.12. The van der Waals surface area contributed by atoms with Crippen molar-refractivity contribution in [3.05, 3.63) is 35.4 Å². The highest BCUT2D eigenvalue weighted by Gasteiger charge is 2.07. The number of carboxylic acids is 1. The van der Waals surface area contributed by atoms with Gasteiger partial charge in [-0.3, -0.25) is 0 Å². The number of rotatable bonds is 1. The summed E-state index contributed by atoms with van der Waals surface area (Å²) in [5, 5.41) is 16.9. The van der Waals surface area contributed by atoms with E-state index >= 15 is 0 Å². The minimum Gasteiger partial charge on any atom is -0.478 e. The summed E-state index contributed by atoms with van der Waals surface area (Å²) in [6.45, 7) is 0. The zero-order chi connectivity index (χ0) is 8.27. The van der Waals surface area contributed by atoms with Gasteiger partial charge in [-0.2, -0.15) is 5.26 Å². The maximum absolute atomic E-state index is 10.4. The molecule has 0 aliphatic carbocycles. The van der Waals surface area contributed by atoms with Crippen LogP contribution in [0.15, 0.2) is 18.2 Å². The van der Waals surface area contributed by atoms with Gasteiger partial charge in [-0.05, 0) is 12.1 Å². The number of hydrogen-bond donors (Lipinski definition) is 1. The number of hydrogen-bond acceptors (Lipinski definition) is 2. The average Bonchev–Trinajstić information content (AvgIpc) is 2.04. The van der Waals surface area contributed by atoms with Gasteiger partial charge >= 0.3 is 5.97 Å². The molecule has 1 rings (SSSR count). The summed E-state index contributed by atoms with van der Waals surface area (Å²) in [6, 6.07) is 8.71. The maximum Gasteiger partial charge on any atom is 0.337 e. The van der Waals surface area contributed by atoms with Gasteiger partial charge in [0.15, 0.2) is 0 Å². The number of nitriles is 1. The van der Waals surface area contributed by atoms with E-state index in [0.717, 1.165) is 0 Å². The van der Waals surface area contributed by atoms with E-state index in [1.165, 1.54) is 12.1 Å². The molecule has 3 heteroatoms. The zero-order valence-electron chi connectivity index (χ0n) is 5.53. The Labute approximate surface area is 63.5 Å². The molecule has 1 N–H and O–H groups in total. The van der Waals surface area contributed by atoms with Gasteiger partial charge in [0.1, 0.15) is 6.07 Å². The summed E-state index contributed by atoms with van der Waals surface area (Å²) in [5.41, 5.74) is 0.0648. The van der Waals surface area contributed by atoms with Gasteiger partial charge in [-0.25, -0.2) is 4.79 Å². The van der Waals surface area contributed by atoms with Crippen molar-refractivity contribution in [1.82, 2.24) is 0 Å². The zero-order valence-corrected chi connectivity index (χ0v) is 5.53. The van der Waals surface area contributed by atoms with Crippen LogP contribution in [0.5, 0.6) is 0 Å². The van der Waals surface area contributed by atoms with Crippen molar-refractivity contribution in [3.8, 4) is 6.07 Å². The SMILES string of the molecule is N#Cc1ccc[c]c1C(=O)O. The fourth-order valence-electron chi connectivity index (χ4n) is 0.707. The number of benzene rings is 1. The van der Waals surface area contributed by atoms with Crippen LogP contribution in [0.25, 0.3) is 0 Å². The molecule has 0 aromatic heterocycles. The van der Waals surface area contributed by atoms with E-state index in [4.69, 9.17) is 10.4 Å². The molecule has 3 nitrogen and oxygen atoms in total. The van der Waals surface area contributed by atoms with Gasteiger partial charge in [0.25, 0.3) is 0 Å². The van der Waals surface area contributed by atoms with Crippen molar-refractivity contribution in [2.24, 2.45) is 0 Å². The molecule has 0 bridgehead atoms. The molecule has 0 aliphatic heterocycles. The van der Waals surface area contributed by atoms with E-state index in [0.29, 0.717) is 0 Å². The van der Waals surface area contributed by atoms with Crippen LogP contribution in [0.3, 0.4) is 0 Å². The number of carbonyl (C=O) groups is 1. The summed E-state index contributed by atoms with van der Waals surface area (Å²) < 4.78 is 0. The standard InChI is InChI=1S/C8H4NO2/c9-5-6-3-1-2-4-7(6)8(10)11/h1-3H,(H,10,11). The van der Waals surface area contributed by atoms with Crippen LogP contribution in [-0.4, -0.2) is 11.1 Å². The molecule has 0 amide bonds. The minimum absolute atomic E-state index is 0.0741. The highest BCUT2D eigenvalue weighted by molar-refractivity contribution is 5.90. The third kappa shape index (κ3) is 1.36. The molecular formula is C8H4NO2. The second kappa shape index (κ2) is 2.84. The van der Waals surface area contributed by atoms with Crippen LogP contribution in [0.2, 0.25) is 0 Å². The van der Waals surface area contributed by atoms with E-state index in [1.807, 2.05) is 0 Å². The van der Waals surface area contributed by atoms with Gasteiger partial charge in [0, 0.05) is 0 Å². The second-order valence-electron chi connectivity index (χ2n) is 1.88. The topological polar surface area (TPSA) is 61.1 Å². The molecule has 0 aliphatic rings. The summed E-state index contributed by atoms with van der Waals surface area (Å²) in [4.78, 5) is 10.4. The Morgan fingerprint density at radius 3 is 2.91 bits per heavy atom. The molecule has 0 saturated heterocycles. The van der Waals surface area contributed by atoms with E-state index in [1.54, 1.807) is 12.1 Å². The molecular weight excluding hydrogens is 142 g/mol. The van der Waals surface area contributed by atoms with Crippen molar-refractivity contribution in [2.45, 2.75) is 0 Å². The molecule has 0 saturated carbocycles. The van der Waals surface area contributed by atoms with Gasteiger partial charge in [0.2, 0.25) is 0 Å². The summed E-state index contributed by atoms with van der Waals surface area (Å²) >= 11 is 0. The van der Waals surface area contributed by atoms with Crippen LogP contribution in [0.1, 0.15) is 15.9 Å². The first-order valence-corrected chi connectivity index (χ1v) is 2.90. The Kier molecular flexibility index (Phi) is 1.88. The lowest BCUT2D eigenvalue weighted by molar-refractivity contribution is 0.0696. The monoisotopic (exact) mass is 146 g/mol. The third-order valence-electron chi connectivity index (χ3n) is 1.19.